The van der Waals surface area contributed by atoms with Crippen molar-refractivity contribution in [3.05, 3.63) is 30.0 Å². The fourth-order valence-electron chi connectivity index (χ4n) is 3.18. The number of amides is 1. The Hall–Kier alpha value is -2.35. The summed E-state index contributed by atoms with van der Waals surface area (Å²) in [6.07, 6.45) is 3.12. The molecule has 0 radical (unpaired) electrons. The molecule has 24 heavy (non-hydrogen) atoms. The number of aromatic carboxylic acids is 1. The Morgan fingerprint density at radius 3 is 2.46 bits per heavy atom. The number of carbonyl (C=O) groups excluding carboxylic acids is 1. The van der Waals surface area contributed by atoms with Gasteiger partial charge in [-0.05, 0) is 37.1 Å². The Morgan fingerprint density at radius 1 is 1.21 bits per heavy atom. The third kappa shape index (κ3) is 2.66. The summed E-state index contributed by atoms with van der Waals surface area (Å²) in [6.45, 7) is 0. The van der Waals surface area contributed by atoms with Gasteiger partial charge in [0, 0.05) is 17.3 Å². The first-order valence-electron chi connectivity index (χ1n) is 7.51. The van der Waals surface area contributed by atoms with Gasteiger partial charge in [-0.25, -0.2) is 13.2 Å². The third-order valence-corrected chi connectivity index (χ3v) is 6.53. The van der Waals surface area contributed by atoms with Crippen LogP contribution in [0, 0.1) is 0 Å². The maximum absolute atomic E-state index is 12.6. The van der Waals surface area contributed by atoms with Gasteiger partial charge in [0.1, 0.15) is 5.58 Å². The lowest BCUT2D eigenvalue weighted by atomic mass is 10.1. The van der Waals surface area contributed by atoms with Crippen molar-refractivity contribution in [1.82, 2.24) is 0 Å². The van der Waals surface area contributed by atoms with Crippen LogP contribution in [-0.2, 0) is 14.6 Å². The Morgan fingerprint density at radius 2 is 1.88 bits per heavy atom. The van der Waals surface area contributed by atoms with Crippen molar-refractivity contribution in [2.24, 2.45) is 0 Å². The lowest BCUT2D eigenvalue weighted by Gasteiger charge is -2.25. The molecule has 1 heterocycles. The lowest BCUT2D eigenvalue weighted by Crippen LogP contribution is -2.47. The second kappa shape index (κ2) is 5.62. The molecule has 0 bridgehead atoms. The highest BCUT2D eigenvalue weighted by Gasteiger charge is 2.49. The zero-order valence-electron chi connectivity index (χ0n) is 13.0. The molecule has 128 valence electrons. The van der Waals surface area contributed by atoms with Crippen LogP contribution in [0.25, 0.3) is 11.0 Å². The second-order valence-electron chi connectivity index (χ2n) is 6.10. The van der Waals surface area contributed by atoms with Crippen molar-refractivity contribution >= 4 is 38.4 Å². The number of fused-ring (bicyclic) bond motifs is 1. The number of carboxylic acids is 1. The Kier molecular flexibility index (Phi) is 3.87. The average molecular weight is 351 g/mol. The maximum Gasteiger partial charge on any atom is 0.371 e. The summed E-state index contributed by atoms with van der Waals surface area (Å²) >= 11 is 0. The van der Waals surface area contributed by atoms with Crippen LogP contribution >= 0.6 is 0 Å². The first-order chi connectivity index (χ1) is 11.2. The largest absolute Gasteiger partial charge is 0.475 e. The summed E-state index contributed by atoms with van der Waals surface area (Å²) in [6, 6.07) is 6.02. The number of sulfone groups is 1. The van der Waals surface area contributed by atoms with Crippen LogP contribution in [0.1, 0.15) is 36.2 Å². The molecule has 2 aromatic rings. The number of benzene rings is 1. The summed E-state index contributed by atoms with van der Waals surface area (Å²) in [5.41, 5.74) is 0.782. The predicted molar refractivity (Wildman–Crippen MR) is 87.8 cm³/mol. The van der Waals surface area contributed by atoms with Crippen LogP contribution in [0.2, 0.25) is 0 Å². The van der Waals surface area contributed by atoms with E-state index in [0.29, 0.717) is 42.3 Å². The number of nitrogens with one attached hydrogen (secondary N) is 1. The fraction of sp³-hybridized carbons (Fsp3) is 0.375. The summed E-state index contributed by atoms with van der Waals surface area (Å²) in [7, 11) is -3.54. The Bertz CT molecular complexity index is 921. The Labute approximate surface area is 138 Å². The van der Waals surface area contributed by atoms with Gasteiger partial charge < -0.3 is 14.8 Å². The van der Waals surface area contributed by atoms with Crippen molar-refractivity contribution in [2.45, 2.75) is 30.4 Å². The van der Waals surface area contributed by atoms with E-state index in [-0.39, 0.29) is 5.76 Å². The SMILES string of the molecule is CS(=O)(=O)C1(C(=O)Nc2ccc3oc(C(=O)O)cc3c2)CCCC1. The normalized spacial score (nSPS) is 17.0. The minimum atomic E-state index is -3.54. The number of rotatable bonds is 4. The van der Waals surface area contributed by atoms with Gasteiger partial charge in [-0.3, -0.25) is 4.79 Å². The molecule has 0 atom stereocenters. The zero-order valence-corrected chi connectivity index (χ0v) is 13.9. The molecule has 1 fully saturated rings. The minimum Gasteiger partial charge on any atom is -0.475 e. The highest BCUT2D eigenvalue weighted by Crippen LogP contribution is 2.37. The topological polar surface area (TPSA) is 114 Å². The van der Waals surface area contributed by atoms with Crippen molar-refractivity contribution in [1.29, 1.82) is 0 Å². The van der Waals surface area contributed by atoms with Crippen LogP contribution in [0.15, 0.2) is 28.7 Å². The summed E-state index contributed by atoms with van der Waals surface area (Å²) < 4.78 is 28.0. The summed E-state index contributed by atoms with van der Waals surface area (Å²) in [5, 5.41) is 12.1. The quantitative estimate of drug-likeness (QED) is 0.874. The first kappa shape index (κ1) is 16.5. The second-order valence-corrected chi connectivity index (χ2v) is 8.42. The van der Waals surface area contributed by atoms with Crippen molar-refractivity contribution in [3.63, 3.8) is 0 Å². The average Bonchev–Trinajstić information content (AvgIpc) is 3.13. The third-order valence-electron chi connectivity index (χ3n) is 4.52. The molecule has 2 N–H and O–H groups in total. The van der Waals surface area contributed by atoms with Crippen LogP contribution in [-0.4, -0.2) is 36.4 Å². The molecule has 0 aliphatic heterocycles. The monoisotopic (exact) mass is 351 g/mol. The molecule has 1 aliphatic carbocycles. The zero-order chi connectivity index (χ0) is 17.5. The molecule has 8 heteroatoms. The van der Waals surface area contributed by atoms with Crippen molar-refractivity contribution < 1.29 is 27.5 Å². The van der Waals surface area contributed by atoms with Gasteiger partial charge in [0.05, 0.1) is 0 Å². The van der Waals surface area contributed by atoms with Gasteiger partial charge in [-0.1, -0.05) is 12.8 Å². The summed E-state index contributed by atoms with van der Waals surface area (Å²) in [5.74, 6) is -1.92. The van der Waals surface area contributed by atoms with Gasteiger partial charge in [-0.2, -0.15) is 0 Å². The van der Waals surface area contributed by atoms with E-state index < -0.39 is 26.5 Å². The molecule has 1 aromatic heterocycles. The van der Waals surface area contributed by atoms with E-state index in [0.717, 1.165) is 6.26 Å². The molecule has 1 aromatic carbocycles. The van der Waals surface area contributed by atoms with Gasteiger partial charge in [0.15, 0.2) is 14.6 Å². The predicted octanol–water partition coefficient (Wildman–Crippen LogP) is 2.43. The van der Waals surface area contributed by atoms with E-state index in [9.17, 15) is 18.0 Å². The summed E-state index contributed by atoms with van der Waals surface area (Å²) in [4.78, 5) is 23.6. The number of anilines is 1. The molecular weight excluding hydrogens is 334 g/mol. The molecule has 0 spiro atoms. The van der Waals surface area contributed by atoms with Crippen LogP contribution in [0.3, 0.4) is 0 Å². The number of carbonyl (C=O) groups is 2. The highest BCUT2D eigenvalue weighted by molar-refractivity contribution is 7.92. The molecule has 7 nitrogen and oxygen atoms in total. The van der Waals surface area contributed by atoms with Crippen molar-refractivity contribution in [2.75, 3.05) is 11.6 Å². The minimum absolute atomic E-state index is 0.197. The van der Waals surface area contributed by atoms with Crippen LogP contribution in [0.4, 0.5) is 5.69 Å². The molecule has 1 amide bonds. The molecule has 1 saturated carbocycles. The molecular formula is C16H17NO6S. The Balaban J connectivity index is 1.91. The van der Waals surface area contributed by atoms with Gasteiger partial charge >= 0.3 is 5.97 Å². The molecule has 0 saturated heterocycles. The standard InChI is InChI=1S/C16H17NO6S/c1-24(21,22)16(6-2-3-7-16)15(20)17-11-4-5-12-10(8-11)9-13(23-12)14(18)19/h4-5,8-9H,2-3,6-7H2,1H3,(H,17,20)(H,18,19). The van der Waals surface area contributed by atoms with E-state index in [1.807, 2.05) is 0 Å². The maximum atomic E-state index is 12.6. The molecule has 1 aliphatic rings. The lowest BCUT2D eigenvalue weighted by molar-refractivity contribution is -0.118. The number of furan rings is 1. The van der Waals surface area contributed by atoms with Gasteiger partial charge in [0.2, 0.25) is 11.7 Å². The van der Waals surface area contributed by atoms with Gasteiger partial charge in [-0.15, -0.1) is 0 Å². The van der Waals surface area contributed by atoms with Gasteiger partial charge in [0.25, 0.3) is 0 Å². The van der Waals surface area contributed by atoms with Crippen LogP contribution in [0.5, 0.6) is 0 Å². The highest BCUT2D eigenvalue weighted by atomic mass is 32.2. The number of carboxylic acid groups (broad SMARTS) is 1. The van der Waals surface area contributed by atoms with Crippen LogP contribution < -0.4 is 5.32 Å². The fourth-order valence-corrected chi connectivity index (χ4v) is 4.60. The van der Waals surface area contributed by atoms with E-state index >= 15 is 0 Å². The molecule has 3 rings (SSSR count). The smallest absolute Gasteiger partial charge is 0.371 e. The number of hydrogen-bond acceptors (Lipinski definition) is 5. The first-order valence-corrected chi connectivity index (χ1v) is 9.40. The van der Waals surface area contributed by atoms with E-state index in [1.165, 1.54) is 6.07 Å². The number of hydrogen-bond donors (Lipinski definition) is 2. The van der Waals surface area contributed by atoms with E-state index in [4.69, 9.17) is 9.52 Å². The molecule has 0 unspecified atom stereocenters. The van der Waals surface area contributed by atoms with Crippen molar-refractivity contribution in [3.8, 4) is 0 Å². The van der Waals surface area contributed by atoms with E-state index in [2.05, 4.69) is 5.32 Å². The van der Waals surface area contributed by atoms with E-state index in [1.54, 1.807) is 18.2 Å².